The van der Waals surface area contributed by atoms with Crippen molar-refractivity contribution in [1.29, 1.82) is 0 Å². The van der Waals surface area contributed by atoms with Crippen LogP contribution in [0.15, 0.2) is 54.7 Å². The summed E-state index contributed by atoms with van der Waals surface area (Å²) in [5.41, 5.74) is 2.59. The van der Waals surface area contributed by atoms with Crippen molar-refractivity contribution in [3.05, 3.63) is 65.9 Å². The summed E-state index contributed by atoms with van der Waals surface area (Å²) in [5, 5.41) is 13.1. The first-order valence-electron chi connectivity index (χ1n) is 8.27. The van der Waals surface area contributed by atoms with Crippen molar-refractivity contribution in [3.63, 3.8) is 0 Å². The Labute approximate surface area is 150 Å². The summed E-state index contributed by atoms with van der Waals surface area (Å²) in [7, 11) is 1.57. The van der Waals surface area contributed by atoms with Crippen molar-refractivity contribution >= 4 is 22.8 Å². The van der Waals surface area contributed by atoms with Crippen LogP contribution >= 0.6 is 0 Å². The zero-order valence-corrected chi connectivity index (χ0v) is 14.4. The number of carboxylic acids is 1. The SMILES string of the molecule is COc1ccc(CC(=O)NC(Cc2c[nH]c3ccccc23)C(=O)O)cc1. The second-order valence-electron chi connectivity index (χ2n) is 6.05. The molecule has 0 fully saturated rings. The molecule has 6 heteroatoms. The van der Waals surface area contributed by atoms with E-state index >= 15 is 0 Å². The van der Waals surface area contributed by atoms with Gasteiger partial charge in [0, 0.05) is 23.5 Å². The molecule has 1 amide bonds. The topological polar surface area (TPSA) is 91.4 Å². The number of carbonyl (C=O) groups is 2. The Kier molecular flexibility index (Phi) is 5.22. The van der Waals surface area contributed by atoms with E-state index in [1.165, 1.54) is 0 Å². The molecule has 1 unspecified atom stereocenters. The van der Waals surface area contributed by atoms with Gasteiger partial charge >= 0.3 is 5.97 Å². The molecule has 1 heterocycles. The minimum atomic E-state index is -1.06. The average molecular weight is 352 g/mol. The zero-order chi connectivity index (χ0) is 18.5. The Morgan fingerprint density at radius 3 is 2.58 bits per heavy atom. The number of ether oxygens (including phenoxy) is 1. The van der Waals surface area contributed by atoms with E-state index in [0.717, 1.165) is 22.0 Å². The molecule has 0 saturated carbocycles. The number of fused-ring (bicyclic) bond motifs is 1. The number of hydrogen-bond donors (Lipinski definition) is 3. The number of hydrogen-bond acceptors (Lipinski definition) is 3. The van der Waals surface area contributed by atoms with Gasteiger partial charge in [0.05, 0.1) is 13.5 Å². The standard InChI is InChI=1S/C20H20N2O4/c1-26-15-8-6-13(7-9-15)10-19(23)22-18(20(24)25)11-14-12-21-17-5-3-2-4-16(14)17/h2-9,12,18,21H,10-11H2,1H3,(H,22,23)(H,24,25). The number of methoxy groups -OCH3 is 1. The van der Waals surface area contributed by atoms with Gasteiger partial charge in [-0.15, -0.1) is 0 Å². The van der Waals surface area contributed by atoms with Crippen molar-refractivity contribution in [2.24, 2.45) is 0 Å². The largest absolute Gasteiger partial charge is 0.497 e. The predicted octanol–water partition coefficient (Wildman–Crippen LogP) is 2.53. The minimum absolute atomic E-state index is 0.113. The Hall–Kier alpha value is -3.28. The third-order valence-electron chi connectivity index (χ3n) is 4.26. The van der Waals surface area contributed by atoms with E-state index in [-0.39, 0.29) is 18.7 Å². The Morgan fingerprint density at radius 1 is 1.15 bits per heavy atom. The number of rotatable bonds is 7. The predicted molar refractivity (Wildman–Crippen MR) is 98.3 cm³/mol. The highest BCUT2D eigenvalue weighted by molar-refractivity contribution is 5.87. The summed E-state index contributed by atoms with van der Waals surface area (Å²) >= 11 is 0. The van der Waals surface area contributed by atoms with Gasteiger partial charge in [-0.3, -0.25) is 4.79 Å². The van der Waals surface area contributed by atoms with Gasteiger partial charge in [0.15, 0.2) is 0 Å². The van der Waals surface area contributed by atoms with Crippen molar-refractivity contribution in [3.8, 4) is 5.75 Å². The molecule has 0 saturated heterocycles. The number of carbonyl (C=O) groups excluding carboxylic acids is 1. The van der Waals surface area contributed by atoms with Gasteiger partial charge in [-0.25, -0.2) is 4.79 Å². The van der Waals surface area contributed by atoms with Gasteiger partial charge in [-0.05, 0) is 29.3 Å². The zero-order valence-electron chi connectivity index (χ0n) is 14.4. The molecule has 3 aromatic rings. The molecule has 134 valence electrons. The molecule has 26 heavy (non-hydrogen) atoms. The summed E-state index contributed by atoms with van der Waals surface area (Å²) < 4.78 is 5.08. The van der Waals surface area contributed by atoms with Crippen LogP contribution in [0, 0.1) is 0 Å². The molecule has 0 aliphatic carbocycles. The Bertz CT molecular complexity index is 915. The lowest BCUT2D eigenvalue weighted by Crippen LogP contribution is -2.43. The number of amides is 1. The van der Waals surface area contributed by atoms with Crippen LogP contribution in [0.3, 0.4) is 0 Å². The molecular formula is C20H20N2O4. The summed E-state index contributed by atoms with van der Waals surface area (Å²) in [4.78, 5) is 27.0. The average Bonchev–Trinajstić information content (AvgIpc) is 3.05. The molecule has 3 rings (SSSR count). The second kappa shape index (κ2) is 7.74. The minimum Gasteiger partial charge on any atom is -0.497 e. The fraction of sp³-hybridized carbons (Fsp3) is 0.200. The first-order chi connectivity index (χ1) is 12.6. The van der Waals surface area contributed by atoms with E-state index in [9.17, 15) is 14.7 Å². The molecule has 1 aromatic heterocycles. The maximum Gasteiger partial charge on any atom is 0.326 e. The number of benzene rings is 2. The number of carboxylic acid groups (broad SMARTS) is 1. The number of para-hydroxylation sites is 1. The summed E-state index contributed by atoms with van der Waals surface area (Å²) in [6.07, 6.45) is 2.12. The monoisotopic (exact) mass is 352 g/mol. The molecule has 0 radical (unpaired) electrons. The van der Waals surface area contributed by atoms with Crippen LogP contribution in [-0.2, 0) is 22.4 Å². The highest BCUT2D eigenvalue weighted by atomic mass is 16.5. The first-order valence-corrected chi connectivity index (χ1v) is 8.27. The van der Waals surface area contributed by atoms with Crippen LogP contribution in [0.2, 0.25) is 0 Å². The van der Waals surface area contributed by atoms with Crippen LogP contribution in [0.25, 0.3) is 10.9 Å². The highest BCUT2D eigenvalue weighted by Gasteiger charge is 2.22. The van der Waals surface area contributed by atoms with Crippen molar-refractivity contribution in [2.45, 2.75) is 18.9 Å². The third kappa shape index (κ3) is 4.03. The number of aromatic nitrogens is 1. The van der Waals surface area contributed by atoms with Crippen molar-refractivity contribution in [1.82, 2.24) is 10.3 Å². The van der Waals surface area contributed by atoms with Crippen molar-refractivity contribution in [2.75, 3.05) is 7.11 Å². The lowest BCUT2D eigenvalue weighted by atomic mass is 10.0. The van der Waals surface area contributed by atoms with Gasteiger partial charge in [0.25, 0.3) is 0 Å². The van der Waals surface area contributed by atoms with E-state index in [1.54, 1.807) is 37.6 Å². The fourth-order valence-corrected chi connectivity index (χ4v) is 2.89. The highest BCUT2D eigenvalue weighted by Crippen LogP contribution is 2.19. The number of H-pyrrole nitrogens is 1. The van der Waals surface area contributed by atoms with E-state index < -0.39 is 12.0 Å². The molecule has 2 aromatic carbocycles. The number of aromatic amines is 1. The summed E-state index contributed by atoms with van der Waals surface area (Å²) in [6, 6.07) is 13.8. The molecule has 1 atom stereocenters. The summed E-state index contributed by atoms with van der Waals surface area (Å²) in [5.74, 6) is -0.683. The lowest BCUT2D eigenvalue weighted by molar-refractivity contribution is -0.141. The molecule has 0 aliphatic heterocycles. The lowest BCUT2D eigenvalue weighted by Gasteiger charge is -2.14. The van der Waals surface area contributed by atoms with E-state index in [0.29, 0.717) is 5.75 Å². The van der Waals surface area contributed by atoms with Gasteiger partial charge in [0.2, 0.25) is 5.91 Å². The normalized spacial score (nSPS) is 11.9. The molecule has 0 bridgehead atoms. The van der Waals surface area contributed by atoms with E-state index in [4.69, 9.17) is 4.74 Å². The summed E-state index contributed by atoms with van der Waals surface area (Å²) in [6.45, 7) is 0. The quantitative estimate of drug-likeness (QED) is 0.609. The van der Waals surface area contributed by atoms with E-state index in [2.05, 4.69) is 10.3 Å². The van der Waals surface area contributed by atoms with Crippen LogP contribution in [0.4, 0.5) is 0 Å². The van der Waals surface area contributed by atoms with Gasteiger partial charge in [0.1, 0.15) is 11.8 Å². The molecule has 6 nitrogen and oxygen atoms in total. The second-order valence-corrected chi connectivity index (χ2v) is 6.05. The number of aliphatic carboxylic acids is 1. The third-order valence-corrected chi connectivity index (χ3v) is 4.26. The van der Waals surface area contributed by atoms with E-state index in [1.807, 2.05) is 24.3 Å². The first kappa shape index (κ1) is 17.5. The maximum atomic E-state index is 12.3. The maximum absolute atomic E-state index is 12.3. The van der Waals surface area contributed by atoms with Crippen LogP contribution in [-0.4, -0.2) is 35.1 Å². The van der Waals surface area contributed by atoms with Crippen molar-refractivity contribution < 1.29 is 19.4 Å². The fourth-order valence-electron chi connectivity index (χ4n) is 2.89. The molecular weight excluding hydrogens is 332 g/mol. The van der Waals surface area contributed by atoms with Crippen LogP contribution < -0.4 is 10.1 Å². The molecule has 3 N–H and O–H groups in total. The molecule has 0 aliphatic rings. The Balaban J connectivity index is 1.67. The smallest absolute Gasteiger partial charge is 0.326 e. The Morgan fingerprint density at radius 2 is 1.88 bits per heavy atom. The molecule has 0 spiro atoms. The number of nitrogens with one attached hydrogen (secondary N) is 2. The van der Waals surface area contributed by atoms with Crippen LogP contribution in [0.1, 0.15) is 11.1 Å². The van der Waals surface area contributed by atoms with Gasteiger partial charge in [-0.2, -0.15) is 0 Å². The van der Waals surface area contributed by atoms with Gasteiger partial charge in [-0.1, -0.05) is 30.3 Å². The van der Waals surface area contributed by atoms with Crippen LogP contribution in [0.5, 0.6) is 5.75 Å². The van der Waals surface area contributed by atoms with Gasteiger partial charge < -0.3 is 20.1 Å².